The van der Waals surface area contributed by atoms with Crippen molar-refractivity contribution in [3.05, 3.63) is 30.5 Å². The maximum atomic E-state index is 11.9. The van der Waals surface area contributed by atoms with Gasteiger partial charge in [0.05, 0.1) is 19.5 Å². The molecule has 5 rings (SSSR count). The highest BCUT2D eigenvalue weighted by Crippen LogP contribution is 2.30. The lowest BCUT2D eigenvalue weighted by Gasteiger charge is -2.37. The van der Waals surface area contributed by atoms with E-state index in [1.54, 1.807) is 25.3 Å². The first-order valence-corrected chi connectivity index (χ1v) is 13.9. The van der Waals surface area contributed by atoms with Gasteiger partial charge in [-0.3, -0.25) is 4.90 Å². The molecule has 2 amide bonds. The molecule has 0 unspecified atom stereocenters. The van der Waals surface area contributed by atoms with Crippen LogP contribution in [0.3, 0.4) is 0 Å². The molecule has 9 heteroatoms. The fourth-order valence-corrected chi connectivity index (χ4v) is 5.67. The van der Waals surface area contributed by atoms with Crippen molar-refractivity contribution in [2.45, 2.75) is 38.1 Å². The molecule has 2 aromatic rings. The van der Waals surface area contributed by atoms with E-state index in [0.29, 0.717) is 6.04 Å². The van der Waals surface area contributed by atoms with E-state index in [4.69, 9.17) is 14.1 Å². The van der Waals surface area contributed by atoms with Crippen LogP contribution in [0.25, 0.3) is 11.3 Å². The summed E-state index contributed by atoms with van der Waals surface area (Å²) < 4.78 is 11.3. The molecule has 0 spiro atoms. The highest BCUT2D eigenvalue weighted by Gasteiger charge is 2.25. The second-order valence-electron chi connectivity index (χ2n) is 10.8. The fraction of sp³-hybridized carbons (Fsp3) is 0.643. The minimum atomic E-state index is 0.0302. The number of hydrogen-bond acceptors (Lipinski definition) is 7. The smallest absolute Gasteiger partial charge is 0.317 e. The highest BCUT2D eigenvalue weighted by molar-refractivity contribution is 5.73. The van der Waals surface area contributed by atoms with E-state index in [2.05, 4.69) is 32.1 Å². The zero-order chi connectivity index (χ0) is 25.6. The Labute approximate surface area is 220 Å². The van der Waals surface area contributed by atoms with Crippen molar-refractivity contribution in [1.82, 2.24) is 20.1 Å². The third-order valence-corrected chi connectivity index (χ3v) is 8.07. The van der Waals surface area contributed by atoms with E-state index < -0.39 is 0 Å². The maximum Gasteiger partial charge on any atom is 0.317 e. The first-order chi connectivity index (χ1) is 18.0. The van der Waals surface area contributed by atoms with Gasteiger partial charge in [0, 0.05) is 65.0 Å². The summed E-state index contributed by atoms with van der Waals surface area (Å²) in [6.07, 6.45) is 7.61. The number of ether oxygens (including phenoxy) is 1. The van der Waals surface area contributed by atoms with Crippen LogP contribution >= 0.6 is 0 Å². The lowest BCUT2D eigenvalue weighted by atomic mass is 9.84. The number of carbonyl (C=O) groups excluding carboxylic acids is 1. The third kappa shape index (κ3) is 6.76. The van der Waals surface area contributed by atoms with Gasteiger partial charge in [0.15, 0.2) is 0 Å². The van der Waals surface area contributed by atoms with E-state index in [1.165, 1.54) is 19.3 Å². The molecular formula is C28H42N6O3. The summed E-state index contributed by atoms with van der Waals surface area (Å²) in [4.78, 5) is 26.0. The van der Waals surface area contributed by atoms with E-state index in [0.717, 1.165) is 101 Å². The molecule has 1 saturated carbocycles. The Morgan fingerprint density at radius 1 is 1.00 bits per heavy atom. The molecule has 9 nitrogen and oxygen atoms in total. The molecule has 3 aliphatic rings. The lowest BCUT2D eigenvalue weighted by Crippen LogP contribution is -2.47. The molecule has 2 saturated heterocycles. The van der Waals surface area contributed by atoms with Gasteiger partial charge in [-0.2, -0.15) is 0 Å². The van der Waals surface area contributed by atoms with Gasteiger partial charge in [0.2, 0.25) is 0 Å². The molecule has 0 aromatic carbocycles. The van der Waals surface area contributed by atoms with Crippen molar-refractivity contribution in [2.75, 3.05) is 82.9 Å². The second kappa shape index (κ2) is 12.2. The summed E-state index contributed by atoms with van der Waals surface area (Å²) in [6.45, 7) is 8.48. The number of pyridine rings is 1. The average molecular weight is 511 g/mol. The number of morpholine rings is 1. The van der Waals surface area contributed by atoms with Crippen LogP contribution in [0.5, 0.6) is 0 Å². The highest BCUT2D eigenvalue weighted by atomic mass is 16.5. The monoisotopic (exact) mass is 510 g/mol. The molecular weight excluding hydrogens is 468 g/mol. The second-order valence-corrected chi connectivity index (χ2v) is 10.8. The summed E-state index contributed by atoms with van der Waals surface area (Å²) in [7, 11) is 3.60. The predicted molar refractivity (Wildman–Crippen MR) is 146 cm³/mol. The Morgan fingerprint density at radius 3 is 2.30 bits per heavy atom. The minimum Gasteiger partial charge on any atom is -0.464 e. The molecule has 2 aliphatic heterocycles. The Kier molecular flexibility index (Phi) is 8.51. The van der Waals surface area contributed by atoms with Gasteiger partial charge in [0.25, 0.3) is 0 Å². The molecule has 4 heterocycles. The normalized spacial score (nSPS) is 23.2. The van der Waals surface area contributed by atoms with Crippen molar-refractivity contribution in [2.24, 2.45) is 5.92 Å². The average Bonchev–Trinajstić information content (AvgIpc) is 3.48. The third-order valence-electron chi connectivity index (χ3n) is 8.07. The zero-order valence-corrected chi connectivity index (χ0v) is 22.4. The van der Waals surface area contributed by atoms with E-state index in [9.17, 15) is 4.79 Å². The number of rotatable bonds is 7. The Balaban J connectivity index is 1.13. The van der Waals surface area contributed by atoms with Gasteiger partial charge in [0.1, 0.15) is 17.4 Å². The van der Waals surface area contributed by atoms with E-state index in [1.807, 2.05) is 12.1 Å². The van der Waals surface area contributed by atoms with Gasteiger partial charge < -0.3 is 29.2 Å². The van der Waals surface area contributed by atoms with Gasteiger partial charge in [-0.1, -0.05) is 0 Å². The molecule has 0 bridgehead atoms. The Morgan fingerprint density at radius 2 is 1.68 bits per heavy atom. The van der Waals surface area contributed by atoms with Crippen LogP contribution in [0, 0.1) is 5.92 Å². The standard InChI is InChI=1S/C28H42N6O3/c1-31(2)28(35)29-24-7-5-22(6-8-24)9-10-32-11-13-33(14-12-32)26-20-23(25-4-3-17-37-25)21-27(30-26)34-15-18-36-19-16-34/h3-4,17,20-22,24H,5-16,18-19H2,1-2H3,(H,29,35). The zero-order valence-electron chi connectivity index (χ0n) is 22.4. The largest absolute Gasteiger partial charge is 0.464 e. The Bertz CT molecular complexity index is 991. The van der Waals surface area contributed by atoms with Crippen molar-refractivity contribution >= 4 is 17.7 Å². The number of piperazine rings is 1. The first-order valence-electron chi connectivity index (χ1n) is 13.9. The molecule has 0 atom stereocenters. The van der Waals surface area contributed by atoms with Crippen molar-refractivity contribution in [3.8, 4) is 11.3 Å². The number of nitrogens with zero attached hydrogens (tertiary/aromatic N) is 5. The lowest BCUT2D eigenvalue weighted by molar-refractivity contribution is 0.122. The topological polar surface area (TPSA) is 77.3 Å². The van der Waals surface area contributed by atoms with Gasteiger partial charge >= 0.3 is 6.03 Å². The number of nitrogens with one attached hydrogen (secondary N) is 1. The number of anilines is 2. The van der Waals surface area contributed by atoms with Crippen LogP contribution in [0.1, 0.15) is 32.1 Å². The molecule has 1 N–H and O–H groups in total. The van der Waals surface area contributed by atoms with Crippen LogP contribution in [0.2, 0.25) is 0 Å². The summed E-state index contributed by atoms with van der Waals surface area (Å²) in [6, 6.07) is 8.64. The molecule has 3 fully saturated rings. The van der Waals surface area contributed by atoms with Crippen molar-refractivity contribution in [3.63, 3.8) is 0 Å². The molecule has 202 valence electrons. The van der Waals surface area contributed by atoms with E-state index in [-0.39, 0.29) is 6.03 Å². The first kappa shape index (κ1) is 25.9. The van der Waals surface area contributed by atoms with E-state index >= 15 is 0 Å². The summed E-state index contributed by atoms with van der Waals surface area (Å²) in [5.41, 5.74) is 1.08. The number of furan rings is 1. The number of carbonyl (C=O) groups is 1. The number of urea groups is 1. The van der Waals surface area contributed by atoms with Crippen LogP contribution in [-0.2, 0) is 4.74 Å². The molecule has 1 aliphatic carbocycles. The van der Waals surface area contributed by atoms with Crippen LogP contribution < -0.4 is 15.1 Å². The van der Waals surface area contributed by atoms with Crippen LogP contribution in [0.15, 0.2) is 34.9 Å². The quantitative estimate of drug-likeness (QED) is 0.611. The minimum absolute atomic E-state index is 0.0302. The van der Waals surface area contributed by atoms with Gasteiger partial charge in [-0.25, -0.2) is 9.78 Å². The van der Waals surface area contributed by atoms with Gasteiger partial charge in [-0.05, 0) is 68.8 Å². The number of hydrogen-bond donors (Lipinski definition) is 1. The maximum absolute atomic E-state index is 11.9. The van der Waals surface area contributed by atoms with Crippen molar-refractivity contribution < 1.29 is 13.9 Å². The van der Waals surface area contributed by atoms with Crippen molar-refractivity contribution in [1.29, 1.82) is 0 Å². The van der Waals surface area contributed by atoms with Crippen LogP contribution in [0.4, 0.5) is 16.4 Å². The van der Waals surface area contributed by atoms with Gasteiger partial charge in [-0.15, -0.1) is 0 Å². The number of aromatic nitrogens is 1. The molecule has 37 heavy (non-hydrogen) atoms. The molecule has 0 radical (unpaired) electrons. The molecule has 2 aromatic heterocycles. The van der Waals surface area contributed by atoms with Crippen LogP contribution in [-0.4, -0.2) is 100.0 Å². The Hall–Kier alpha value is -2.78. The number of amides is 2. The SMILES string of the molecule is CN(C)C(=O)NC1CCC(CCN2CCN(c3cc(-c4ccco4)cc(N4CCOCC4)n3)CC2)CC1. The summed E-state index contributed by atoms with van der Waals surface area (Å²) >= 11 is 0. The summed E-state index contributed by atoms with van der Waals surface area (Å²) in [5, 5.41) is 3.15. The fourth-order valence-electron chi connectivity index (χ4n) is 5.67. The predicted octanol–water partition coefficient (Wildman–Crippen LogP) is 3.52. The summed E-state index contributed by atoms with van der Waals surface area (Å²) in [5.74, 6) is 3.70.